The molecule has 1 N–H and O–H groups in total. The van der Waals surface area contributed by atoms with Crippen LogP contribution in [-0.2, 0) is 17.9 Å². The third-order valence-corrected chi connectivity index (χ3v) is 4.54. The molecule has 0 fully saturated rings. The highest BCUT2D eigenvalue weighted by Crippen LogP contribution is 2.13. The summed E-state index contributed by atoms with van der Waals surface area (Å²) < 4.78 is 2.99. The summed E-state index contributed by atoms with van der Waals surface area (Å²) in [6.07, 6.45) is 3.17. The molecule has 0 bridgehead atoms. The Hall–Kier alpha value is -3.07. The molecule has 4 rings (SSSR count). The van der Waals surface area contributed by atoms with Crippen molar-refractivity contribution in [2.75, 3.05) is 0 Å². The Labute approximate surface area is 145 Å². The number of amides is 1. The number of aryl methyl sites for hydroxylation is 1. The van der Waals surface area contributed by atoms with Crippen LogP contribution in [0.2, 0.25) is 0 Å². The van der Waals surface area contributed by atoms with Crippen molar-refractivity contribution in [3.63, 3.8) is 0 Å². The van der Waals surface area contributed by atoms with Gasteiger partial charge in [0.1, 0.15) is 11.6 Å². The van der Waals surface area contributed by atoms with Gasteiger partial charge < -0.3 is 5.32 Å². The van der Waals surface area contributed by atoms with Crippen LogP contribution in [0.1, 0.15) is 10.7 Å². The van der Waals surface area contributed by atoms with Crippen molar-refractivity contribution in [1.82, 2.24) is 29.5 Å². The number of hydrogen-bond acceptors (Lipinski definition) is 6. The molecule has 0 aliphatic carbocycles. The molecular formula is C16H14N6O2S. The molecule has 126 valence electrons. The molecule has 1 amide bonds. The van der Waals surface area contributed by atoms with Gasteiger partial charge in [0.25, 0.3) is 5.56 Å². The van der Waals surface area contributed by atoms with Gasteiger partial charge in [-0.25, -0.2) is 14.5 Å². The normalized spacial score (nSPS) is 11.2. The molecule has 8 nitrogen and oxygen atoms in total. The molecule has 0 radical (unpaired) electrons. The monoisotopic (exact) mass is 354 g/mol. The lowest BCUT2D eigenvalue weighted by Gasteiger charge is -2.07. The number of hydrogen-bond donors (Lipinski definition) is 1. The lowest BCUT2D eigenvalue weighted by molar-refractivity contribution is -0.121. The van der Waals surface area contributed by atoms with E-state index in [9.17, 15) is 9.59 Å². The number of rotatable bonds is 4. The molecule has 0 saturated heterocycles. The summed E-state index contributed by atoms with van der Waals surface area (Å²) in [5.41, 5.74) is 1.10. The molecular weight excluding hydrogens is 340 g/mol. The van der Waals surface area contributed by atoms with Crippen molar-refractivity contribution in [2.24, 2.45) is 0 Å². The van der Waals surface area contributed by atoms with Gasteiger partial charge in [0.05, 0.1) is 35.7 Å². The van der Waals surface area contributed by atoms with E-state index in [1.807, 2.05) is 13.0 Å². The first-order valence-electron chi connectivity index (χ1n) is 7.63. The fourth-order valence-electron chi connectivity index (χ4n) is 2.55. The van der Waals surface area contributed by atoms with Crippen molar-refractivity contribution in [3.05, 3.63) is 57.8 Å². The van der Waals surface area contributed by atoms with Crippen molar-refractivity contribution in [3.8, 4) is 0 Å². The second-order valence-electron chi connectivity index (χ2n) is 5.55. The van der Waals surface area contributed by atoms with Gasteiger partial charge in [-0.15, -0.1) is 0 Å². The third kappa shape index (κ3) is 3.01. The van der Waals surface area contributed by atoms with Crippen LogP contribution in [0.5, 0.6) is 0 Å². The molecule has 4 aromatic rings. The number of nitrogens with one attached hydrogen (secondary N) is 1. The summed E-state index contributed by atoms with van der Waals surface area (Å²) in [6.45, 7) is 2.11. The van der Waals surface area contributed by atoms with E-state index in [0.717, 1.165) is 15.7 Å². The van der Waals surface area contributed by atoms with E-state index >= 15 is 0 Å². The van der Waals surface area contributed by atoms with Gasteiger partial charge in [0.15, 0.2) is 0 Å². The molecule has 0 spiro atoms. The Morgan fingerprint density at radius 3 is 3.00 bits per heavy atom. The average molecular weight is 354 g/mol. The number of benzene rings is 1. The highest BCUT2D eigenvalue weighted by molar-refractivity contribution is 7.16. The van der Waals surface area contributed by atoms with Crippen molar-refractivity contribution in [1.29, 1.82) is 0 Å². The number of imidazole rings is 1. The Kier molecular flexibility index (Phi) is 3.77. The summed E-state index contributed by atoms with van der Waals surface area (Å²) in [5.74, 6) is -0.278. The van der Waals surface area contributed by atoms with Crippen LogP contribution in [-0.4, -0.2) is 30.1 Å². The topological polar surface area (TPSA) is 94.2 Å². The Morgan fingerprint density at radius 2 is 2.16 bits per heavy atom. The SMILES string of the molecule is Cc1nn2cc(CNC(=O)Cn3cnc4ccccc4c3=O)nc2s1. The van der Waals surface area contributed by atoms with E-state index in [4.69, 9.17) is 0 Å². The van der Waals surface area contributed by atoms with Crippen LogP contribution < -0.4 is 10.9 Å². The van der Waals surface area contributed by atoms with Crippen LogP contribution in [0, 0.1) is 6.92 Å². The zero-order chi connectivity index (χ0) is 17.4. The lowest BCUT2D eigenvalue weighted by Crippen LogP contribution is -2.32. The third-order valence-electron chi connectivity index (χ3n) is 3.71. The standard InChI is InChI=1S/C16H14N6O2S/c1-10-20-22-7-11(19-16(22)25-10)6-17-14(23)8-21-9-18-13-5-3-2-4-12(13)15(21)24/h2-5,7,9H,6,8H2,1H3,(H,17,23). The number of nitrogens with zero attached hydrogens (tertiary/aromatic N) is 5. The van der Waals surface area contributed by atoms with E-state index in [1.54, 1.807) is 28.9 Å². The zero-order valence-electron chi connectivity index (χ0n) is 13.3. The summed E-state index contributed by atoms with van der Waals surface area (Å²) in [7, 11) is 0. The molecule has 0 unspecified atom stereocenters. The predicted octanol–water partition coefficient (Wildman–Crippen LogP) is 1.13. The fourth-order valence-corrected chi connectivity index (χ4v) is 3.29. The minimum atomic E-state index is -0.278. The van der Waals surface area contributed by atoms with E-state index in [1.165, 1.54) is 22.2 Å². The van der Waals surface area contributed by atoms with E-state index in [-0.39, 0.29) is 24.6 Å². The van der Waals surface area contributed by atoms with Gasteiger partial charge in [-0.05, 0) is 19.1 Å². The maximum Gasteiger partial charge on any atom is 0.261 e. The molecule has 3 heterocycles. The van der Waals surface area contributed by atoms with Gasteiger partial charge in [0.2, 0.25) is 10.9 Å². The largest absolute Gasteiger partial charge is 0.349 e. The Morgan fingerprint density at radius 1 is 1.32 bits per heavy atom. The minimum absolute atomic E-state index is 0.0871. The van der Waals surface area contributed by atoms with Crippen molar-refractivity contribution >= 4 is 33.1 Å². The first-order valence-corrected chi connectivity index (χ1v) is 8.44. The quantitative estimate of drug-likeness (QED) is 0.593. The summed E-state index contributed by atoms with van der Waals surface area (Å²) >= 11 is 1.49. The summed E-state index contributed by atoms with van der Waals surface area (Å²) in [5, 5.41) is 8.46. The number of aromatic nitrogens is 5. The van der Waals surface area contributed by atoms with Gasteiger partial charge in [0, 0.05) is 0 Å². The van der Waals surface area contributed by atoms with Crippen LogP contribution in [0.15, 0.2) is 41.6 Å². The molecule has 3 aromatic heterocycles. The molecule has 0 aliphatic heterocycles. The number of carbonyl (C=O) groups is 1. The number of para-hydroxylation sites is 1. The molecule has 9 heteroatoms. The Bertz CT molecular complexity index is 1110. The zero-order valence-corrected chi connectivity index (χ0v) is 14.2. The predicted molar refractivity (Wildman–Crippen MR) is 93.5 cm³/mol. The Balaban J connectivity index is 1.45. The van der Waals surface area contributed by atoms with Gasteiger partial charge >= 0.3 is 0 Å². The first kappa shape index (κ1) is 15.5. The minimum Gasteiger partial charge on any atom is -0.349 e. The van der Waals surface area contributed by atoms with Crippen LogP contribution >= 0.6 is 11.3 Å². The molecule has 0 saturated carbocycles. The highest BCUT2D eigenvalue weighted by Gasteiger charge is 2.10. The molecule has 1 aromatic carbocycles. The second-order valence-corrected chi connectivity index (χ2v) is 6.71. The number of fused-ring (bicyclic) bond motifs is 2. The summed E-state index contributed by atoms with van der Waals surface area (Å²) in [6, 6.07) is 7.06. The van der Waals surface area contributed by atoms with Crippen LogP contribution in [0.3, 0.4) is 0 Å². The summed E-state index contributed by atoms with van der Waals surface area (Å²) in [4.78, 5) is 33.9. The first-order chi connectivity index (χ1) is 12.1. The lowest BCUT2D eigenvalue weighted by atomic mass is 10.2. The van der Waals surface area contributed by atoms with Gasteiger partial charge in [-0.3, -0.25) is 14.2 Å². The smallest absolute Gasteiger partial charge is 0.261 e. The van der Waals surface area contributed by atoms with E-state index < -0.39 is 0 Å². The molecule has 25 heavy (non-hydrogen) atoms. The van der Waals surface area contributed by atoms with Gasteiger partial charge in [-0.1, -0.05) is 23.5 Å². The molecule has 0 aliphatic rings. The average Bonchev–Trinajstić information content (AvgIpc) is 3.12. The van der Waals surface area contributed by atoms with Crippen LogP contribution in [0.25, 0.3) is 15.9 Å². The van der Waals surface area contributed by atoms with Crippen molar-refractivity contribution in [2.45, 2.75) is 20.0 Å². The van der Waals surface area contributed by atoms with E-state index in [0.29, 0.717) is 10.9 Å². The van der Waals surface area contributed by atoms with Crippen LogP contribution in [0.4, 0.5) is 0 Å². The van der Waals surface area contributed by atoms with Gasteiger partial charge in [-0.2, -0.15) is 5.10 Å². The highest BCUT2D eigenvalue weighted by atomic mass is 32.1. The van der Waals surface area contributed by atoms with E-state index in [2.05, 4.69) is 20.4 Å². The molecule has 0 atom stereocenters. The maximum absolute atomic E-state index is 12.4. The maximum atomic E-state index is 12.4. The van der Waals surface area contributed by atoms with Crippen molar-refractivity contribution < 1.29 is 4.79 Å². The fraction of sp³-hybridized carbons (Fsp3) is 0.188. The number of carbonyl (C=O) groups excluding carboxylic acids is 1. The second kappa shape index (κ2) is 6.10.